The van der Waals surface area contributed by atoms with Crippen molar-refractivity contribution in [3.05, 3.63) is 140 Å². The number of furan rings is 1. The maximum absolute atomic E-state index is 6.33. The van der Waals surface area contributed by atoms with Gasteiger partial charge in [0.2, 0.25) is 0 Å². The molecule has 0 N–H and O–H groups in total. The molecule has 9 rings (SSSR count). The van der Waals surface area contributed by atoms with Gasteiger partial charge >= 0.3 is 0 Å². The number of anilines is 3. The first-order chi connectivity index (χ1) is 20.3. The first-order valence-corrected chi connectivity index (χ1v) is 13.8. The Hall–Kier alpha value is -5.61. The van der Waals surface area contributed by atoms with E-state index in [1.165, 1.54) is 0 Å². The van der Waals surface area contributed by atoms with Crippen LogP contribution in [0.4, 0.5) is 17.1 Å². The van der Waals surface area contributed by atoms with Gasteiger partial charge in [-0.3, -0.25) is 4.57 Å². The minimum Gasteiger partial charge on any atom is -0.455 e. The monoisotopic (exact) mass is 525 g/mol. The van der Waals surface area contributed by atoms with Crippen LogP contribution in [0, 0.1) is 0 Å². The number of para-hydroxylation sites is 5. The lowest BCUT2D eigenvalue weighted by molar-refractivity contribution is 0.670. The molecule has 0 saturated carbocycles. The molecule has 0 radical (unpaired) electrons. The van der Waals surface area contributed by atoms with Crippen LogP contribution in [0.2, 0.25) is 0 Å². The van der Waals surface area contributed by atoms with Gasteiger partial charge in [0.15, 0.2) is 0 Å². The van der Waals surface area contributed by atoms with Gasteiger partial charge in [0.05, 0.1) is 28.1 Å². The summed E-state index contributed by atoms with van der Waals surface area (Å²) < 4.78 is 8.64. The molecule has 8 aromatic rings. The Morgan fingerprint density at radius 1 is 0.512 bits per heavy atom. The summed E-state index contributed by atoms with van der Waals surface area (Å²) in [6.07, 6.45) is 0. The molecule has 192 valence electrons. The van der Waals surface area contributed by atoms with Gasteiger partial charge in [0.25, 0.3) is 0 Å². The highest BCUT2D eigenvalue weighted by molar-refractivity contribution is 6.09. The normalized spacial score (nSPS) is 12.3. The van der Waals surface area contributed by atoms with E-state index in [9.17, 15) is 0 Å². The van der Waals surface area contributed by atoms with Crippen molar-refractivity contribution in [3.63, 3.8) is 0 Å². The van der Waals surface area contributed by atoms with Crippen molar-refractivity contribution in [3.8, 4) is 28.2 Å². The molecule has 4 heteroatoms. The molecule has 6 aromatic carbocycles. The van der Waals surface area contributed by atoms with Gasteiger partial charge in [-0.05, 0) is 48.0 Å². The lowest BCUT2D eigenvalue weighted by atomic mass is 10.0. The van der Waals surface area contributed by atoms with E-state index in [0.717, 1.165) is 78.2 Å². The molecule has 1 aliphatic heterocycles. The number of rotatable bonds is 3. The van der Waals surface area contributed by atoms with E-state index >= 15 is 0 Å². The fourth-order valence-electron chi connectivity index (χ4n) is 6.32. The highest BCUT2D eigenvalue weighted by atomic mass is 16.3. The van der Waals surface area contributed by atoms with Crippen molar-refractivity contribution < 1.29 is 4.42 Å². The smallest absolute Gasteiger partial charge is 0.145 e. The second kappa shape index (κ2) is 8.44. The molecule has 0 spiro atoms. The van der Waals surface area contributed by atoms with Gasteiger partial charge in [-0.1, -0.05) is 97.1 Å². The van der Waals surface area contributed by atoms with Gasteiger partial charge in [0.1, 0.15) is 17.0 Å². The number of aromatic nitrogens is 2. The predicted octanol–water partition coefficient (Wildman–Crippen LogP) is 10.0. The molecule has 2 aromatic heterocycles. The zero-order valence-electron chi connectivity index (χ0n) is 22.0. The van der Waals surface area contributed by atoms with E-state index in [4.69, 9.17) is 9.40 Å². The van der Waals surface area contributed by atoms with E-state index < -0.39 is 0 Å². The summed E-state index contributed by atoms with van der Waals surface area (Å²) in [6.45, 7) is 0. The minimum absolute atomic E-state index is 0.913. The fraction of sp³-hybridized carbons (Fsp3) is 0. The molecule has 41 heavy (non-hydrogen) atoms. The lowest BCUT2D eigenvalue weighted by Crippen LogP contribution is -2.18. The van der Waals surface area contributed by atoms with Crippen LogP contribution in [-0.2, 0) is 0 Å². The Bertz CT molecular complexity index is 2260. The Balaban J connectivity index is 1.22. The van der Waals surface area contributed by atoms with Crippen molar-refractivity contribution in [2.75, 3.05) is 4.90 Å². The SMILES string of the molecule is c1ccc(-c2nc3cccc4c3n2-c2ccccc2N4c2ccc(-c3cccc4c3oc3ccccc34)cc2)cc1. The number of fused-ring (bicyclic) bond motifs is 5. The van der Waals surface area contributed by atoms with Crippen LogP contribution in [0.1, 0.15) is 0 Å². The van der Waals surface area contributed by atoms with Crippen LogP contribution < -0.4 is 4.90 Å². The average molecular weight is 526 g/mol. The topological polar surface area (TPSA) is 34.2 Å². The maximum atomic E-state index is 6.33. The van der Waals surface area contributed by atoms with Gasteiger partial charge < -0.3 is 9.32 Å². The molecule has 4 nitrogen and oxygen atoms in total. The number of hydrogen-bond acceptors (Lipinski definition) is 3. The summed E-state index contributed by atoms with van der Waals surface area (Å²) in [5.74, 6) is 0.953. The van der Waals surface area contributed by atoms with Crippen molar-refractivity contribution in [2.24, 2.45) is 0 Å². The standard InChI is InChI=1S/C37H23N3O/c1-2-10-25(11-3-1)37-38-30-15-9-18-33-35(30)40(37)32-17-6-5-16-31(32)39(33)26-22-20-24(21-23-26)27-13-8-14-29-28-12-4-7-19-34(28)41-36(27)29/h1-23H. The van der Waals surface area contributed by atoms with Gasteiger partial charge in [-0.15, -0.1) is 0 Å². The van der Waals surface area contributed by atoms with E-state index in [1.54, 1.807) is 0 Å². The fourth-order valence-corrected chi connectivity index (χ4v) is 6.32. The van der Waals surface area contributed by atoms with Crippen molar-refractivity contribution >= 4 is 50.0 Å². The summed E-state index contributed by atoms with van der Waals surface area (Å²) in [5, 5.41) is 2.28. The Morgan fingerprint density at radius 2 is 1.22 bits per heavy atom. The Morgan fingerprint density at radius 3 is 2.10 bits per heavy atom. The summed E-state index contributed by atoms with van der Waals surface area (Å²) in [7, 11) is 0. The van der Waals surface area contributed by atoms with Gasteiger partial charge in [-0.2, -0.15) is 0 Å². The van der Waals surface area contributed by atoms with Gasteiger partial charge in [-0.25, -0.2) is 4.98 Å². The van der Waals surface area contributed by atoms with E-state index in [-0.39, 0.29) is 0 Å². The third kappa shape index (κ3) is 3.19. The average Bonchev–Trinajstić information content (AvgIpc) is 3.62. The first kappa shape index (κ1) is 22.2. The van der Waals surface area contributed by atoms with Crippen molar-refractivity contribution in [1.29, 1.82) is 0 Å². The van der Waals surface area contributed by atoms with E-state index in [0.29, 0.717) is 0 Å². The third-order valence-corrected chi connectivity index (χ3v) is 8.13. The molecule has 1 aliphatic rings. The van der Waals surface area contributed by atoms with Crippen LogP contribution in [0.15, 0.2) is 144 Å². The highest BCUT2D eigenvalue weighted by Gasteiger charge is 2.29. The second-order valence-electron chi connectivity index (χ2n) is 10.4. The maximum Gasteiger partial charge on any atom is 0.145 e. The number of nitrogens with zero attached hydrogens (tertiary/aromatic N) is 3. The van der Waals surface area contributed by atoms with Crippen LogP contribution in [-0.4, -0.2) is 9.55 Å². The second-order valence-corrected chi connectivity index (χ2v) is 10.4. The molecule has 0 fully saturated rings. The molecule has 0 aliphatic carbocycles. The third-order valence-electron chi connectivity index (χ3n) is 8.13. The molecular weight excluding hydrogens is 502 g/mol. The molecule has 0 unspecified atom stereocenters. The summed E-state index contributed by atoms with van der Waals surface area (Å²) in [6, 6.07) is 48.8. The summed E-state index contributed by atoms with van der Waals surface area (Å²) >= 11 is 0. The largest absolute Gasteiger partial charge is 0.455 e. The van der Waals surface area contributed by atoms with Gasteiger partial charge in [0, 0.05) is 27.6 Å². The Labute approximate surface area is 236 Å². The molecule has 0 atom stereocenters. The van der Waals surface area contributed by atoms with Crippen molar-refractivity contribution in [1.82, 2.24) is 9.55 Å². The van der Waals surface area contributed by atoms with Crippen LogP contribution in [0.5, 0.6) is 0 Å². The summed E-state index contributed by atoms with van der Waals surface area (Å²) in [5.41, 5.74) is 11.7. The number of imidazole rings is 1. The molecular formula is C37H23N3O. The number of hydrogen-bond donors (Lipinski definition) is 0. The molecule has 0 bridgehead atoms. The van der Waals surface area contributed by atoms with E-state index in [1.807, 2.05) is 18.2 Å². The van der Waals surface area contributed by atoms with Crippen molar-refractivity contribution in [2.45, 2.75) is 0 Å². The highest BCUT2D eigenvalue weighted by Crippen LogP contribution is 2.48. The predicted molar refractivity (Wildman–Crippen MR) is 167 cm³/mol. The van der Waals surface area contributed by atoms with Crippen LogP contribution >= 0.6 is 0 Å². The number of benzene rings is 6. The summed E-state index contributed by atoms with van der Waals surface area (Å²) in [4.78, 5) is 7.46. The zero-order valence-corrected chi connectivity index (χ0v) is 22.0. The molecule has 0 saturated heterocycles. The van der Waals surface area contributed by atoms with Crippen LogP contribution in [0.3, 0.4) is 0 Å². The van der Waals surface area contributed by atoms with Crippen LogP contribution in [0.25, 0.3) is 61.2 Å². The molecule has 0 amide bonds. The first-order valence-electron chi connectivity index (χ1n) is 13.8. The minimum atomic E-state index is 0.913. The Kier molecular flexibility index (Phi) is 4.58. The zero-order chi connectivity index (χ0) is 26.9. The molecule has 3 heterocycles. The van der Waals surface area contributed by atoms with E-state index in [2.05, 4.69) is 131 Å². The quantitative estimate of drug-likeness (QED) is 0.230. The lowest BCUT2D eigenvalue weighted by Gasteiger charge is -2.33.